The van der Waals surface area contributed by atoms with Gasteiger partial charge in [-0.05, 0) is 37.1 Å². The Balaban J connectivity index is 1.95. The van der Waals surface area contributed by atoms with E-state index in [1.165, 1.54) is 6.07 Å². The van der Waals surface area contributed by atoms with E-state index in [-0.39, 0.29) is 11.3 Å². The Morgan fingerprint density at radius 3 is 2.34 bits per heavy atom. The molecule has 2 heterocycles. The fourth-order valence-electron chi connectivity index (χ4n) is 4.40. The number of pyridine rings is 1. The molecule has 0 saturated carbocycles. The summed E-state index contributed by atoms with van der Waals surface area (Å²) in [6, 6.07) is 26.3. The molecule has 7 heteroatoms. The summed E-state index contributed by atoms with van der Waals surface area (Å²) >= 11 is 0. The van der Waals surface area contributed by atoms with Crippen molar-refractivity contribution < 1.29 is 4.92 Å². The molecular weight excluding hydrogens is 438 g/mol. The minimum atomic E-state index is -0.421. The third kappa shape index (κ3) is 3.71. The minimum absolute atomic E-state index is 0.0735. The Morgan fingerprint density at radius 1 is 1.00 bits per heavy atom. The lowest BCUT2D eigenvalue weighted by Crippen LogP contribution is -2.02. The van der Waals surface area contributed by atoms with Crippen LogP contribution in [-0.4, -0.2) is 19.7 Å². The van der Waals surface area contributed by atoms with Gasteiger partial charge in [0, 0.05) is 17.2 Å². The number of benzene rings is 3. The Bertz CT molecular complexity index is 1610. The lowest BCUT2D eigenvalue weighted by atomic mass is 9.92. The summed E-state index contributed by atoms with van der Waals surface area (Å²) < 4.78 is 1.73. The SMILES string of the molecule is CCc1ccc(-c2nc3c(c(C)nn3-c3ccccc3)c(-c3ccccc3[N+](=O)[O-])c2C#N)cc1. The van der Waals surface area contributed by atoms with Gasteiger partial charge in [0.25, 0.3) is 5.69 Å². The maximum atomic E-state index is 12.0. The summed E-state index contributed by atoms with van der Waals surface area (Å²) in [7, 11) is 0. The lowest BCUT2D eigenvalue weighted by Gasteiger charge is -2.13. The third-order valence-electron chi connectivity index (χ3n) is 6.11. The standard InChI is InChI=1S/C28H21N5O2/c1-3-19-13-15-20(16-14-19)27-23(17-29)26(22-11-7-8-12-24(22)33(34)35)25-18(2)31-32(28(25)30-27)21-9-5-4-6-10-21/h4-16H,3H2,1-2H3. The number of nitrogens with zero attached hydrogens (tertiary/aromatic N) is 5. The van der Waals surface area contributed by atoms with E-state index < -0.39 is 4.92 Å². The van der Waals surface area contributed by atoms with Crippen LogP contribution in [-0.2, 0) is 6.42 Å². The average molecular weight is 460 g/mol. The third-order valence-corrected chi connectivity index (χ3v) is 6.11. The molecule has 0 bridgehead atoms. The van der Waals surface area contributed by atoms with Gasteiger partial charge in [0.05, 0.1) is 38.5 Å². The van der Waals surface area contributed by atoms with Crippen LogP contribution in [0.4, 0.5) is 5.69 Å². The first-order valence-corrected chi connectivity index (χ1v) is 11.3. The number of para-hydroxylation sites is 2. The Labute approximate surface area is 202 Å². The van der Waals surface area contributed by atoms with Crippen LogP contribution in [0.1, 0.15) is 23.7 Å². The second-order valence-electron chi connectivity index (χ2n) is 8.18. The molecule has 0 radical (unpaired) electrons. The second kappa shape index (κ2) is 8.84. The van der Waals surface area contributed by atoms with Gasteiger partial charge in [-0.15, -0.1) is 0 Å². The molecule has 2 aromatic heterocycles. The van der Waals surface area contributed by atoms with Gasteiger partial charge in [-0.3, -0.25) is 10.1 Å². The number of nitro groups is 1. The maximum absolute atomic E-state index is 12.0. The predicted octanol–water partition coefficient (Wildman–Crippen LogP) is 6.41. The maximum Gasteiger partial charge on any atom is 0.277 e. The normalized spacial score (nSPS) is 10.9. The summed E-state index contributed by atoms with van der Waals surface area (Å²) in [4.78, 5) is 16.5. The van der Waals surface area contributed by atoms with Crippen molar-refractivity contribution in [1.82, 2.24) is 14.8 Å². The van der Waals surface area contributed by atoms with Crippen LogP contribution in [0.3, 0.4) is 0 Å². The Hall–Kier alpha value is -4.83. The van der Waals surface area contributed by atoms with E-state index in [0.29, 0.717) is 33.5 Å². The number of rotatable bonds is 5. The highest BCUT2D eigenvalue weighted by molar-refractivity contribution is 6.03. The van der Waals surface area contributed by atoms with Crippen molar-refractivity contribution in [2.24, 2.45) is 0 Å². The van der Waals surface area contributed by atoms with Crippen molar-refractivity contribution in [2.45, 2.75) is 20.3 Å². The minimum Gasteiger partial charge on any atom is -0.258 e. The topological polar surface area (TPSA) is 97.6 Å². The molecule has 0 aliphatic rings. The molecular formula is C28H21N5O2. The zero-order valence-corrected chi connectivity index (χ0v) is 19.3. The molecule has 5 aromatic rings. The first kappa shape index (κ1) is 22.0. The summed E-state index contributed by atoms with van der Waals surface area (Å²) in [5.41, 5.74) is 5.42. The fourth-order valence-corrected chi connectivity index (χ4v) is 4.40. The van der Waals surface area contributed by atoms with E-state index >= 15 is 0 Å². The van der Waals surface area contributed by atoms with Crippen LogP contribution in [0, 0.1) is 28.4 Å². The molecule has 0 atom stereocenters. The van der Waals surface area contributed by atoms with Gasteiger partial charge in [0.1, 0.15) is 6.07 Å². The van der Waals surface area contributed by atoms with Crippen LogP contribution < -0.4 is 0 Å². The van der Waals surface area contributed by atoms with Crippen LogP contribution in [0.5, 0.6) is 0 Å². The molecule has 0 spiro atoms. The van der Waals surface area contributed by atoms with Crippen LogP contribution in [0.15, 0.2) is 78.9 Å². The summed E-state index contributed by atoms with van der Waals surface area (Å²) in [5.74, 6) is 0. The number of aryl methyl sites for hydroxylation is 2. The smallest absolute Gasteiger partial charge is 0.258 e. The molecule has 0 N–H and O–H groups in total. The van der Waals surface area contributed by atoms with Gasteiger partial charge in [-0.2, -0.15) is 10.4 Å². The van der Waals surface area contributed by atoms with Crippen molar-refractivity contribution in [2.75, 3.05) is 0 Å². The van der Waals surface area contributed by atoms with Gasteiger partial charge in [-0.25, -0.2) is 9.67 Å². The lowest BCUT2D eigenvalue weighted by molar-refractivity contribution is -0.384. The monoisotopic (exact) mass is 459 g/mol. The largest absolute Gasteiger partial charge is 0.277 e. The average Bonchev–Trinajstić information content (AvgIpc) is 3.24. The number of hydrogen-bond acceptors (Lipinski definition) is 5. The zero-order valence-electron chi connectivity index (χ0n) is 19.3. The van der Waals surface area contributed by atoms with Crippen LogP contribution >= 0.6 is 0 Å². The van der Waals surface area contributed by atoms with E-state index in [4.69, 9.17) is 10.1 Å². The van der Waals surface area contributed by atoms with E-state index in [1.807, 2.05) is 61.5 Å². The summed E-state index contributed by atoms with van der Waals surface area (Å²) in [6.45, 7) is 3.91. The number of aromatic nitrogens is 3. The summed E-state index contributed by atoms with van der Waals surface area (Å²) in [5, 5.41) is 27.6. The number of nitro benzene ring substituents is 1. The highest BCUT2D eigenvalue weighted by Gasteiger charge is 2.27. The van der Waals surface area contributed by atoms with Crippen molar-refractivity contribution in [3.63, 3.8) is 0 Å². The number of nitriles is 1. The Morgan fingerprint density at radius 2 is 1.69 bits per heavy atom. The van der Waals surface area contributed by atoms with Crippen molar-refractivity contribution in [3.05, 3.63) is 106 Å². The highest BCUT2D eigenvalue weighted by Crippen LogP contribution is 2.42. The molecule has 5 rings (SSSR count). The molecule has 170 valence electrons. The predicted molar refractivity (Wildman–Crippen MR) is 135 cm³/mol. The number of hydrogen-bond donors (Lipinski definition) is 0. The second-order valence-corrected chi connectivity index (χ2v) is 8.18. The van der Waals surface area contributed by atoms with Gasteiger partial charge < -0.3 is 0 Å². The molecule has 0 fully saturated rings. The number of fused-ring (bicyclic) bond motifs is 1. The molecule has 0 amide bonds. The van der Waals surface area contributed by atoms with Crippen LogP contribution in [0.25, 0.3) is 39.1 Å². The van der Waals surface area contributed by atoms with Gasteiger partial charge >= 0.3 is 0 Å². The molecule has 3 aromatic carbocycles. The van der Waals surface area contributed by atoms with E-state index in [9.17, 15) is 15.4 Å². The zero-order chi connectivity index (χ0) is 24.5. The quantitative estimate of drug-likeness (QED) is 0.224. The van der Waals surface area contributed by atoms with Crippen molar-refractivity contribution in [1.29, 1.82) is 5.26 Å². The first-order chi connectivity index (χ1) is 17.0. The molecule has 0 aliphatic heterocycles. The van der Waals surface area contributed by atoms with E-state index in [2.05, 4.69) is 13.0 Å². The van der Waals surface area contributed by atoms with Gasteiger partial charge in [0.15, 0.2) is 5.65 Å². The molecule has 0 unspecified atom stereocenters. The van der Waals surface area contributed by atoms with Crippen molar-refractivity contribution >= 4 is 16.7 Å². The fraction of sp³-hybridized carbons (Fsp3) is 0.107. The summed E-state index contributed by atoms with van der Waals surface area (Å²) in [6.07, 6.45) is 0.888. The molecule has 0 saturated heterocycles. The highest BCUT2D eigenvalue weighted by atomic mass is 16.6. The van der Waals surface area contributed by atoms with Crippen LogP contribution in [0.2, 0.25) is 0 Å². The Kier molecular flexibility index (Phi) is 5.55. The molecule has 35 heavy (non-hydrogen) atoms. The molecule has 7 nitrogen and oxygen atoms in total. The van der Waals surface area contributed by atoms with E-state index in [0.717, 1.165) is 23.2 Å². The van der Waals surface area contributed by atoms with Crippen molar-refractivity contribution in [3.8, 4) is 34.1 Å². The van der Waals surface area contributed by atoms with E-state index in [1.54, 1.807) is 22.9 Å². The van der Waals surface area contributed by atoms with Gasteiger partial charge in [-0.1, -0.05) is 61.5 Å². The van der Waals surface area contributed by atoms with Gasteiger partial charge in [0.2, 0.25) is 0 Å². The molecule has 0 aliphatic carbocycles. The first-order valence-electron chi connectivity index (χ1n) is 11.3.